The van der Waals surface area contributed by atoms with E-state index in [4.69, 9.17) is 18.9 Å². The summed E-state index contributed by atoms with van der Waals surface area (Å²) in [5.41, 5.74) is 4.88. The summed E-state index contributed by atoms with van der Waals surface area (Å²) in [6.07, 6.45) is 0.699. The van der Waals surface area contributed by atoms with Crippen LogP contribution in [0.15, 0.2) is 46.9 Å². The average molecular weight is 480 g/mol. The van der Waals surface area contributed by atoms with E-state index in [2.05, 4.69) is 58.9 Å². The molecule has 3 rings (SSSR count). The first kappa shape index (κ1) is 26.6. The van der Waals surface area contributed by atoms with Crippen LogP contribution in [0.1, 0.15) is 85.5 Å². The van der Waals surface area contributed by atoms with E-state index in [1.807, 2.05) is 6.07 Å². The zero-order valence-corrected chi connectivity index (χ0v) is 21.7. The van der Waals surface area contributed by atoms with Crippen LogP contribution in [0, 0.1) is 6.92 Å². The maximum absolute atomic E-state index is 11.5. The van der Waals surface area contributed by atoms with E-state index >= 15 is 0 Å². The molecule has 0 saturated heterocycles. The van der Waals surface area contributed by atoms with Gasteiger partial charge in [-0.05, 0) is 47.6 Å². The molecule has 35 heavy (non-hydrogen) atoms. The summed E-state index contributed by atoms with van der Waals surface area (Å²) in [5, 5.41) is 9.42. The lowest BCUT2D eigenvalue weighted by Crippen LogP contribution is -2.10. The second-order valence-electron chi connectivity index (χ2n) is 10.2. The van der Waals surface area contributed by atoms with Crippen molar-refractivity contribution in [1.82, 2.24) is 4.98 Å². The lowest BCUT2D eigenvalue weighted by atomic mass is 9.87. The normalized spacial score (nSPS) is 11.9. The van der Waals surface area contributed by atoms with Gasteiger partial charge in [0.1, 0.15) is 11.5 Å². The Labute approximate surface area is 208 Å². The molecule has 1 aromatic heterocycles. The molecule has 0 amide bonds. The molecule has 0 fully saturated rings. The van der Waals surface area contributed by atoms with Gasteiger partial charge in [-0.2, -0.15) is 0 Å². The van der Waals surface area contributed by atoms with E-state index in [1.54, 1.807) is 19.1 Å². The summed E-state index contributed by atoms with van der Waals surface area (Å²) in [5.74, 6) is 0.730. The predicted molar refractivity (Wildman–Crippen MR) is 137 cm³/mol. The number of aromatic carboxylic acids is 1. The Morgan fingerprint density at radius 2 is 1.69 bits per heavy atom. The van der Waals surface area contributed by atoms with Gasteiger partial charge in [0.05, 0.1) is 18.8 Å². The number of aryl methyl sites for hydroxylation is 1. The minimum atomic E-state index is -0.928. The van der Waals surface area contributed by atoms with E-state index in [0.29, 0.717) is 43.3 Å². The number of carbonyl (C=O) groups is 1. The van der Waals surface area contributed by atoms with Crippen LogP contribution < -0.4 is 0 Å². The number of benzene rings is 2. The molecule has 0 spiro atoms. The van der Waals surface area contributed by atoms with Crippen molar-refractivity contribution < 1.29 is 23.8 Å². The molecule has 3 aromatic rings. The molecule has 0 aliphatic carbocycles. The quantitative estimate of drug-likeness (QED) is 0.302. The average Bonchev–Trinajstić information content (AvgIpc) is 3.22. The van der Waals surface area contributed by atoms with E-state index in [0.717, 1.165) is 22.6 Å². The molecule has 2 aromatic carbocycles. The minimum Gasteiger partial charge on any atom is -0.478 e. The Morgan fingerprint density at radius 3 is 2.29 bits per heavy atom. The lowest BCUT2D eigenvalue weighted by molar-refractivity contribution is 0.0638. The number of nitrogens with zero attached hydrogens (tertiary/aromatic N) is 1. The van der Waals surface area contributed by atoms with Gasteiger partial charge in [-0.3, -0.25) is 0 Å². The number of hydrogen-bond acceptors (Lipinski definition) is 5. The van der Waals surface area contributed by atoms with Gasteiger partial charge >= 0.3 is 5.97 Å². The summed E-state index contributed by atoms with van der Waals surface area (Å²) in [6.45, 7) is 14.2. The summed E-state index contributed by atoms with van der Waals surface area (Å²) in [6, 6.07) is 13.8. The zero-order chi connectivity index (χ0) is 25.6. The highest BCUT2D eigenvalue weighted by molar-refractivity contribution is 5.91. The van der Waals surface area contributed by atoms with Crippen molar-refractivity contribution in [3.8, 4) is 11.5 Å². The second kappa shape index (κ2) is 11.6. The Balaban J connectivity index is 1.51. The number of hydrogen-bond donors (Lipinski definition) is 1. The zero-order valence-electron chi connectivity index (χ0n) is 21.7. The lowest BCUT2D eigenvalue weighted by Gasteiger charge is -2.18. The number of ether oxygens (including phenoxy) is 2. The Morgan fingerprint density at radius 1 is 1.03 bits per heavy atom. The van der Waals surface area contributed by atoms with Crippen LogP contribution in [-0.2, 0) is 28.1 Å². The first-order valence-corrected chi connectivity index (χ1v) is 12.2. The van der Waals surface area contributed by atoms with Gasteiger partial charge in [0.2, 0.25) is 5.89 Å². The van der Waals surface area contributed by atoms with Gasteiger partial charge in [0.25, 0.3) is 0 Å². The Bertz CT molecular complexity index is 1120. The van der Waals surface area contributed by atoms with Crippen molar-refractivity contribution in [2.45, 2.75) is 72.5 Å². The monoisotopic (exact) mass is 479 g/mol. The number of rotatable bonds is 11. The highest BCUT2D eigenvalue weighted by atomic mass is 16.5. The molecule has 0 radical (unpaired) electrons. The maximum Gasteiger partial charge on any atom is 0.336 e. The Kier molecular flexibility index (Phi) is 8.87. The standard InChI is InChI=1S/C29H37NO5/c1-19(2)26-24(30-27(35-26)21-11-13-23(14-12-21)29(4,5)6)18-34-16-8-15-33-17-22-10-7-9-20(3)25(22)28(31)32/h7,9-14,19H,8,15-18H2,1-6H3,(H,31,32). The fraction of sp³-hybridized carbons (Fsp3) is 0.448. The molecule has 0 aliphatic heterocycles. The number of carboxylic acid groups (broad SMARTS) is 1. The predicted octanol–water partition coefficient (Wildman–Crippen LogP) is 6.89. The fourth-order valence-electron chi connectivity index (χ4n) is 3.92. The summed E-state index contributed by atoms with van der Waals surface area (Å²) < 4.78 is 17.7. The first-order chi connectivity index (χ1) is 16.6. The van der Waals surface area contributed by atoms with Crippen molar-refractivity contribution >= 4 is 5.97 Å². The van der Waals surface area contributed by atoms with Crippen LogP contribution in [0.5, 0.6) is 0 Å². The van der Waals surface area contributed by atoms with Crippen molar-refractivity contribution in [2.24, 2.45) is 0 Å². The van der Waals surface area contributed by atoms with Crippen LogP contribution >= 0.6 is 0 Å². The van der Waals surface area contributed by atoms with Crippen molar-refractivity contribution in [3.63, 3.8) is 0 Å². The van der Waals surface area contributed by atoms with Crippen LogP contribution in [0.3, 0.4) is 0 Å². The van der Waals surface area contributed by atoms with Gasteiger partial charge in [0.15, 0.2) is 0 Å². The highest BCUT2D eigenvalue weighted by Gasteiger charge is 2.19. The first-order valence-electron chi connectivity index (χ1n) is 12.2. The number of carboxylic acids is 1. The smallest absolute Gasteiger partial charge is 0.336 e. The summed E-state index contributed by atoms with van der Waals surface area (Å²) in [4.78, 5) is 16.2. The van der Waals surface area contributed by atoms with Gasteiger partial charge in [-0.15, -0.1) is 0 Å². The minimum absolute atomic E-state index is 0.0967. The molecule has 0 bridgehead atoms. The molecular formula is C29H37NO5. The molecule has 1 heterocycles. The largest absolute Gasteiger partial charge is 0.478 e. The summed E-state index contributed by atoms with van der Waals surface area (Å²) in [7, 11) is 0. The van der Waals surface area contributed by atoms with Crippen LogP contribution in [0.2, 0.25) is 0 Å². The molecule has 0 unspecified atom stereocenters. The molecule has 1 N–H and O–H groups in total. The van der Waals surface area contributed by atoms with Crippen molar-refractivity contribution in [1.29, 1.82) is 0 Å². The molecule has 188 valence electrons. The van der Waals surface area contributed by atoms with Crippen molar-refractivity contribution in [3.05, 3.63) is 76.2 Å². The SMILES string of the molecule is Cc1cccc(COCCCOCc2nc(-c3ccc(C(C)(C)C)cc3)oc2C(C)C)c1C(=O)O. The second-order valence-corrected chi connectivity index (χ2v) is 10.2. The summed E-state index contributed by atoms with van der Waals surface area (Å²) >= 11 is 0. The third kappa shape index (κ3) is 7.03. The maximum atomic E-state index is 11.5. The van der Waals surface area contributed by atoms with E-state index < -0.39 is 5.97 Å². The highest BCUT2D eigenvalue weighted by Crippen LogP contribution is 2.30. The van der Waals surface area contributed by atoms with Gasteiger partial charge in [0, 0.05) is 24.7 Å². The van der Waals surface area contributed by atoms with Gasteiger partial charge in [-0.25, -0.2) is 9.78 Å². The molecule has 6 nitrogen and oxygen atoms in total. The van der Waals surface area contributed by atoms with E-state index in [-0.39, 0.29) is 17.9 Å². The molecule has 0 saturated carbocycles. The molecule has 0 atom stereocenters. The fourth-order valence-corrected chi connectivity index (χ4v) is 3.92. The molecule has 6 heteroatoms. The van der Waals surface area contributed by atoms with Gasteiger partial charge < -0.3 is 19.0 Å². The number of aromatic nitrogens is 1. The third-order valence-corrected chi connectivity index (χ3v) is 5.90. The van der Waals surface area contributed by atoms with Crippen molar-refractivity contribution in [2.75, 3.05) is 13.2 Å². The third-order valence-electron chi connectivity index (χ3n) is 5.90. The van der Waals surface area contributed by atoms with Crippen LogP contribution in [-0.4, -0.2) is 29.3 Å². The van der Waals surface area contributed by atoms with Gasteiger partial charge in [-0.1, -0.05) is 65.0 Å². The van der Waals surface area contributed by atoms with Crippen LogP contribution in [0.4, 0.5) is 0 Å². The Hall–Kier alpha value is -2.96. The molecule has 0 aliphatic rings. The van der Waals surface area contributed by atoms with Crippen LogP contribution in [0.25, 0.3) is 11.5 Å². The van der Waals surface area contributed by atoms with E-state index in [1.165, 1.54) is 5.56 Å². The topological polar surface area (TPSA) is 81.8 Å². The molecular weight excluding hydrogens is 442 g/mol. The number of oxazole rings is 1. The van der Waals surface area contributed by atoms with E-state index in [9.17, 15) is 9.90 Å².